The molecule has 0 fully saturated rings. The van der Waals surface area contributed by atoms with Gasteiger partial charge in [-0.3, -0.25) is 0 Å². The van der Waals surface area contributed by atoms with Gasteiger partial charge in [0, 0.05) is 6.04 Å². The summed E-state index contributed by atoms with van der Waals surface area (Å²) in [7, 11) is 0. The van der Waals surface area contributed by atoms with Gasteiger partial charge in [0.15, 0.2) is 0 Å². The fourth-order valence-electron chi connectivity index (χ4n) is 2.39. The highest BCUT2D eigenvalue weighted by atomic mass is 14.6. The van der Waals surface area contributed by atoms with Crippen molar-refractivity contribution in [3.05, 3.63) is 34.9 Å². The zero-order valence-electron chi connectivity index (χ0n) is 9.30. The van der Waals surface area contributed by atoms with Crippen molar-refractivity contribution in [3.8, 4) is 0 Å². The van der Waals surface area contributed by atoms with E-state index in [2.05, 4.69) is 39.0 Å². The maximum atomic E-state index is 6.06. The van der Waals surface area contributed by atoms with Gasteiger partial charge in [-0.15, -0.1) is 0 Å². The average molecular weight is 189 g/mol. The van der Waals surface area contributed by atoms with Crippen LogP contribution in [0.5, 0.6) is 0 Å². The molecule has 0 amide bonds. The molecule has 0 radical (unpaired) electrons. The highest BCUT2D eigenvalue weighted by Crippen LogP contribution is 2.36. The van der Waals surface area contributed by atoms with Gasteiger partial charge in [-0.05, 0) is 34.9 Å². The summed E-state index contributed by atoms with van der Waals surface area (Å²) in [4.78, 5) is 0. The van der Waals surface area contributed by atoms with E-state index in [9.17, 15) is 0 Å². The normalized spacial score (nSPS) is 21.0. The minimum absolute atomic E-state index is 0.245. The fraction of sp³-hybridized carbons (Fsp3) is 0.538. The van der Waals surface area contributed by atoms with Gasteiger partial charge in [-0.2, -0.15) is 0 Å². The van der Waals surface area contributed by atoms with Crippen molar-refractivity contribution in [2.75, 3.05) is 0 Å². The molecule has 0 unspecified atom stereocenters. The molecule has 1 aromatic carbocycles. The van der Waals surface area contributed by atoms with Crippen LogP contribution in [-0.2, 0) is 11.8 Å². The number of rotatable bonds is 0. The van der Waals surface area contributed by atoms with Crippen LogP contribution in [0.25, 0.3) is 0 Å². The number of hydrogen-bond donors (Lipinski definition) is 1. The molecular formula is C13H19N. The van der Waals surface area contributed by atoms with E-state index in [4.69, 9.17) is 5.73 Å². The molecule has 76 valence electrons. The lowest BCUT2D eigenvalue weighted by molar-refractivity contribution is 0.583. The molecule has 0 saturated carbocycles. The Morgan fingerprint density at radius 1 is 1.29 bits per heavy atom. The number of fused-ring (bicyclic) bond motifs is 1. The van der Waals surface area contributed by atoms with Crippen LogP contribution in [0, 0.1) is 0 Å². The molecule has 2 N–H and O–H groups in total. The molecule has 0 spiro atoms. The largest absolute Gasteiger partial charge is 0.324 e. The summed E-state index contributed by atoms with van der Waals surface area (Å²) in [5.41, 5.74) is 10.7. The molecule has 0 bridgehead atoms. The number of benzene rings is 1. The van der Waals surface area contributed by atoms with Crippen molar-refractivity contribution in [2.45, 2.75) is 45.1 Å². The molecule has 0 heterocycles. The summed E-state index contributed by atoms with van der Waals surface area (Å²) >= 11 is 0. The first kappa shape index (κ1) is 9.72. The summed E-state index contributed by atoms with van der Waals surface area (Å²) in [5, 5.41) is 0. The molecule has 0 aromatic heterocycles. The van der Waals surface area contributed by atoms with Crippen LogP contribution in [0.15, 0.2) is 18.2 Å². The lowest BCUT2D eigenvalue weighted by Crippen LogP contribution is -2.14. The second kappa shape index (κ2) is 3.09. The Kier molecular flexibility index (Phi) is 2.15. The summed E-state index contributed by atoms with van der Waals surface area (Å²) < 4.78 is 0. The van der Waals surface area contributed by atoms with Crippen LogP contribution in [0.2, 0.25) is 0 Å². The highest BCUT2D eigenvalue weighted by Gasteiger charge is 2.25. The second-order valence-corrected chi connectivity index (χ2v) is 5.27. The second-order valence-electron chi connectivity index (χ2n) is 5.27. The van der Waals surface area contributed by atoms with E-state index in [-0.39, 0.29) is 11.5 Å². The van der Waals surface area contributed by atoms with Crippen molar-refractivity contribution < 1.29 is 0 Å². The van der Waals surface area contributed by atoms with Gasteiger partial charge in [0.2, 0.25) is 0 Å². The van der Waals surface area contributed by atoms with Crippen molar-refractivity contribution in [1.82, 2.24) is 0 Å². The van der Waals surface area contributed by atoms with Crippen LogP contribution >= 0.6 is 0 Å². The number of hydrogen-bond acceptors (Lipinski definition) is 1. The van der Waals surface area contributed by atoms with Gasteiger partial charge in [0.05, 0.1) is 0 Å². The standard InChI is InChI=1S/C13H19N/c1-13(2,3)11-6-4-5-10-9(11)7-8-12(10)14/h4-6,12H,7-8,14H2,1-3H3/t12-/m1/s1. The first-order valence-electron chi connectivity index (χ1n) is 5.38. The minimum atomic E-state index is 0.245. The third-order valence-electron chi connectivity index (χ3n) is 3.13. The maximum absolute atomic E-state index is 6.06. The van der Waals surface area contributed by atoms with Gasteiger partial charge in [0.1, 0.15) is 0 Å². The predicted molar refractivity (Wildman–Crippen MR) is 60.4 cm³/mol. The first-order valence-corrected chi connectivity index (χ1v) is 5.38. The van der Waals surface area contributed by atoms with Gasteiger partial charge in [-0.1, -0.05) is 39.0 Å². The van der Waals surface area contributed by atoms with Gasteiger partial charge in [-0.25, -0.2) is 0 Å². The third kappa shape index (κ3) is 1.46. The van der Waals surface area contributed by atoms with Crippen molar-refractivity contribution in [1.29, 1.82) is 0 Å². The molecule has 1 aromatic rings. The quantitative estimate of drug-likeness (QED) is 0.667. The van der Waals surface area contributed by atoms with Crippen LogP contribution in [0.1, 0.15) is 49.9 Å². The van der Waals surface area contributed by atoms with Crippen LogP contribution in [-0.4, -0.2) is 0 Å². The Labute approximate surface area is 86.3 Å². The average Bonchev–Trinajstić information content (AvgIpc) is 2.46. The molecule has 1 heteroatoms. The topological polar surface area (TPSA) is 26.0 Å². The van der Waals surface area contributed by atoms with E-state index >= 15 is 0 Å². The lowest BCUT2D eigenvalue weighted by atomic mass is 9.82. The Morgan fingerprint density at radius 3 is 2.64 bits per heavy atom. The Morgan fingerprint density at radius 2 is 2.00 bits per heavy atom. The lowest BCUT2D eigenvalue weighted by Gasteiger charge is -2.22. The van der Waals surface area contributed by atoms with E-state index in [0.29, 0.717) is 0 Å². The zero-order chi connectivity index (χ0) is 10.3. The van der Waals surface area contributed by atoms with E-state index in [1.807, 2.05) is 0 Å². The molecule has 0 saturated heterocycles. The van der Waals surface area contributed by atoms with Gasteiger partial charge < -0.3 is 5.73 Å². The zero-order valence-corrected chi connectivity index (χ0v) is 9.30. The molecule has 1 nitrogen and oxygen atoms in total. The predicted octanol–water partition coefficient (Wildman–Crippen LogP) is 2.93. The molecule has 1 aliphatic carbocycles. The summed E-state index contributed by atoms with van der Waals surface area (Å²) in [6.45, 7) is 6.81. The van der Waals surface area contributed by atoms with Crippen LogP contribution in [0.3, 0.4) is 0 Å². The molecular weight excluding hydrogens is 170 g/mol. The molecule has 2 rings (SSSR count). The fourth-order valence-corrected chi connectivity index (χ4v) is 2.39. The molecule has 1 aliphatic rings. The Hall–Kier alpha value is -0.820. The monoisotopic (exact) mass is 189 g/mol. The van der Waals surface area contributed by atoms with E-state index < -0.39 is 0 Å². The molecule has 0 aliphatic heterocycles. The highest BCUT2D eigenvalue weighted by molar-refractivity contribution is 5.43. The minimum Gasteiger partial charge on any atom is -0.324 e. The van der Waals surface area contributed by atoms with Gasteiger partial charge >= 0.3 is 0 Å². The maximum Gasteiger partial charge on any atom is 0.0300 e. The van der Waals surface area contributed by atoms with Crippen molar-refractivity contribution in [2.24, 2.45) is 5.73 Å². The SMILES string of the molecule is CC(C)(C)c1cccc2c1CC[C@H]2N. The van der Waals surface area contributed by atoms with Crippen LogP contribution in [0.4, 0.5) is 0 Å². The van der Waals surface area contributed by atoms with E-state index in [0.717, 1.165) is 12.8 Å². The third-order valence-corrected chi connectivity index (χ3v) is 3.13. The Bertz CT molecular complexity index is 347. The van der Waals surface area contributed by atoms with Crippen molar-refractivity contribution in [3.63, 3.8) is 0 Å². The summed E-state index contributed by atoms with van der Waals surface area (Å²) in [5.74, 6) is 0. The van der Waals surface area contributed by atoms with Crippen LogP contribution < -0.4 is 5.73 Å². The molecule has 1 atom stereocenters. The smallest absolute Gasteiger partial charge is 0.0300 e. The summed E-state index contributed by atoms with van der Waals surface area (Å²) in [6.07, 6.45) is 2.27. The van der Waals surface area contributed by atoms with E-state index in [1.165, 1.54) is 16.7 Å². The van der Waals surface area contributed by atoms with Crippen molar-refractivity contribution >= 4 is 0 Å². The molecule has 14 heavy (non-hydrogen) atoms. The summed E-state index contributed by atoms with van der Waals surface area (Å²) in [6, 6.07) is 6.84. The number of nitrogens with two attached hydrogens (primary N) is 1. The van der Waals surface area contributed by atoms with Gasteiger partial charge in [0.25, 0.3) is 0 Å². The first-order chi connectivity index (χ1) is 6.50. The van der Waals surface area contributed by atoms with E-state index in [1.54, 1.807) is 0 Å². The Balaban J connectivity index is 2.55.